The van der Waals surface area contributed by atoms with Gasteiger partial charge in [0.2, 0.25) is 0 Å². The average molecular weight is 316 g/mol. The zero-order valence-electron chi connectivity index (χ0n) is 12.9. The minimum atomic E-state index is -3.31. The lowest BCUT2D eigenvalue weighted by Gasteiger charge is -2.32. The van der Waals surface area contributed by atoms with Crippen molar-refractivity contribution in [1.82, 2.24) is 0 Å². The fourth-order valence-corrected chi connectivity index (χ4v) is 7.36. The molecule has 0 fully saturated rings. The predicted molar refractivity (Wildman–Crippen MR) is 83.8 cm³/mol. The third-order valence-corrected chi connectivity index (χ3v) is 8.83. The molecule has 0 aliphatic rings. The number of nitrogens with zero attached hydrogens (tertiary/aromatic N) is 4. The van der Waals surface area contributed by atoms with Gasteiger partial charge in [0.15, 0.2) is 0 Å². The Hall–Kier alpha value is -1.90. The minimum absolute atomic E-state index is 0.321. The maximum Gasteiger partial charge on any atom is 0.260 e. The maximum atomic E-state index is 9.39. The summed E-state index contributed by atoms with van der Waals surface area (Å²) in [6, 6.07) is 0. The molecule has 0 aromatic rings. The van der Waals surface area contributed by atoms with Gasteiger partial charge in [0.25, 0.3) is 8.07 Å². The molecule has 120 valence electrons. The molecule has 4 N–H and O–H groups in total. The summed E-state index contributed by atoms with van der Waals surface area (Å²) < 4.78 is 0. The quantitative estimate of drug-likeness (QED) is 0.237. The zero-order valence-corrected chi connectivity index (χ0v) is 13.9. The lowest BCUT2D eigenvalue weighted by atomic mass is 10.5. The van der Waals surface area contributed by atoms with E-state index < -0.39 is 8.07 Å². The Balaban J connectivity index is 6.79. The molecule has 0 spiro atoms. The van der Waals surface area contributed by atoms with E-state index in [1.165, 1.54) is 0 Å². The molecule has 0 amide bonds. The highest BCUT2D eigenvalue weighted by molar-refractivity contribution is 7.55. The summed E-state index contributed by atoms with van der Waals surface area (Å²) in [7, 11) is -3.31. The lowest BCUT2D eigenvalue weighted by Crippen LogP contribution is -2.65. The molecule has 8 nitrogen and oxygen atoms in total. The average Bonchev–Trinajstić information content (AvgIpc) is 2.51. The van der Waals surface area contributed by atoms with Crippen LogP contribution in [0.1, 0.15) is 53.4 Å². The molecule has 0 aromatic heterocycles. The van der Waals surface area contributed by atoms with Crippen molar-refractivity contribution in [2.24, 2.45) is 20.6 Å². The van der Waals surface area contributed by atoms with Crippen molar-refractivity contribution < 1.29 is 20.8 Å². The molecule has 0 radical (unpaired) electrons. The molecule has 0 saturated heterocycles. The second-order valence-corrected chi connectivity index (χ2v) is 8.16. The van der Waals surface area contributed by atoms with E-state index in [4.69, 9.17) is 0 Å². The highest BCUT2D eigenvalue weighted by atomic mass is 28.3. The molecule has 0 unspecified atom stereocenters. The lowest BCUT2D eigenvalue weighted by molar-refractivity contribution is 0.316. The first-order chi connectivity index (χ1) is 10.1. The highest BCUT2D eigenvalue weighted by Crippen LogP contribution is 2.22. The molecular formula is C12H24N4O4Si. The van der Waals surface area contributed by atoms with Crippen molar-refractivity contribution in [3.8, 4) is 0 Å². The van der Waals surface area contributed by atoms with Crippen LogP contribution in [0.25, 0.3) is 0 Å². The smallest absolute Gasteiger partial charge is 0.260 e. The standard InChI is InChI=1S/C12H24N4O4Si/c1-5-9(13-17)21(10(6-2)14-18,11(7-3)15-19)12(8-4)16-20/h17-20H,5-8H2,1-4H3. The van der Waals surface area contributed by atoms with E-state index in [-0.39, 0.29) is 0 Å². The van der Waals surface area contributed by atoms with Gasteiger partial charge in [-0.25, -0.2) is 0 Å². The Labute approximate surface area is 125 Å². The topological polar surface area (TPSA) is 130 Å². The minimum Gasteiger partial charge on any atom is -0.411 e. The Morgan fingerprint density at radius 3 is 0.857 bits per heavy atom. The number of oxime groups is 4. The van der Waals surface area contributed by atoms with E-state index >= 15 is 0 Å². The van der Waals surface area contributed by atoms with Crippen molar-refractivity contribution in [1.29, 1.82) is 0 Å². The molecule has 0 saturated carbocycles. The normalized spacial score (nSPS) is 17.7. The van der Waals surface area contributed by atoms with E-state index in [2.05, 4.69) is 20.6 Å². The van der Waals surface area contributed by atoms with Crippen LogP contribution in [0.2, 0.25) is 0 Å². The molecule has 9 heteroatoms. The Morgan fingerprint density at radius 1 is 0.571 bits per heavy atom. The van der Waals surface area contributed by atoms with Gasteiger partial charge in [-0.15, -0.1) is 20.6 Å². The molecular weight excluding hydrogens is 292 g/mol. The van der Waals surface area contributed by atoms with Gasteiger partial charge in [-0.05, 0) is 25.7 Å². The van der Waals surface area contributed by atoms with Crippen LogP contribution in [0, 0.1) is 0 Å². The predicted octanol–water partition coefficient (Wildman–Crippen LogP) is 2.55. The first-order valence-corrected chi connectivity index (χ1v) is 8.94. The van der Waals surface area contributed by atoms with Crippen molar-refractivity contribution in [3.63, 3.8) is 0 Å². The Morgan fingerprint density at radius 2 is 0.762 bits per heavy atom. The van der Waals surface area contributed by atoms with Crippen molar-refractivity contribution >= 4 is 29.4 Å². The third-order valence-electron chi connectivity index (χ3n) is 3.55. The first kappa shape index (κ1) is 19.1. The summed E-state index contributed by atoms with van der Waals surface area (Å²) in [5.74, 6) is 0. The zero-order chi connectivity index (χ0) is 16.5. The van der Waals surface area contributed by atoms with Crippen LogP contribution < -0.4 is 0 Å². The first-order valence-electron chi connectivity index (χ1n) is 6.94. The molecule has 0 rings (SSSR count). The number of rotatable bonds is 8. The van der Waals surface area contributed by atoms with Crippen LogP contribution in [0.5, 0.6) is 0 Å². The van der Waals surface area contributed by atoms with Gasteiger partial charge in [-0.2, -0.15) is 0 Å². The Bertz CT molecular complexity index is 375. The van der Waals surface area contributed by atoms with Crippen LogP contribution in [0.15, 0.2) is 20.6 Å². The van der Waals surface area contributed by atoms with E-state index in [0.717, 1.165) is 0 Å². The Kier molecular flexibility index (Phi) is 8.28. The van der Waals surface area contributed by atoms with Crippen LogP contribution in [0.3, 0.4) is 0 Å². The monoisotopic (exact) mass is 316 g/mol. The second kappa shape index (κ2) is 9.11. The highest BCUT2D eigenvalue weighted by Gasteiger charge is 2.53. The van der Waals surface area contributed by atoms with Crippen LogP contribution in [-0.4, -0.2) is 50.2 Å². The molecule has 0 atom stereocenters. The fraction of sp³-hybridized carbons (Fsp3) is 0.667. The van der Waals surface area contributed by atoms with E-state index in [1.807, 2.05) is 0 Å². The fourth-order valence-electron chi connectivity index (χ4n) is 2.64. The summed E-state index contributed by atoms with van der Waals surface area (Å²) in [6.07, 6.45) is 1.39. The van der Waals surface area contributed by atoms with Gasteiger partial charge in [-0.1, -0.05) is 27.7 Å². The van der Waals surface area contributed by atoms with Gasteiger partial charge in [0.1, 0.15) is 0 Å². The van der Waals surface area contributed by atoms with E-state index in [9.17, 15) is 20.8 Å². The van der Waals surface area contributed by atoms with Gasteiger partial charge >= 0.3 is 0 Å². The summed E-state index contributed by atoms with van der Waals surface area (Å²) in [4.78, 5) is 0. The summed E-state index contributed by atoms with van der Waals surface area (Å²) in [5, 5.41) is 52.2. The van der Waals surface area contributed by atoms with Crippen molar-refractivity contribution in [2.45, 2.75) is 53.4 Å². The van der Waals surface area contributed by atoms with E-state index in [0.29, 0.717) is 47.0 Å². The molecule has 0 aliphatic carbocycles. The summed E-state index contributed by atoms with van der Waals surface area (Å²) in [5.41, 5.74) is 0. The SMILES string of the molecule is CCC(=NO)[Si](C(CC)=NO)(C(CC)=NO)C(CC)=NO. The third kappa shape index (κ3) is 3.23. The van der Waals surface area contributed by atoms with Gasteiger partial charge < -0.3 is 20.8 Å². The molecule has 0 aliphatic heterocycles. The van der Waals surface area contributed by atoms with Crippen LogP contribution in [0.4, 0.5) is 0 Å². The maximum absolute atomic E-state index is 9.39. The number of hydrogen-bond donors (Lipinski definition) is 4. The van der Waals surface area contributed by atoms with Gasteiger partial charge in [-0.3, -0.25) is 0 Å². The van der Waals surface area contributed by atoms with Crippen LogP contribution in [-0.2, 0) is 0 Å². The van der Waals surface area contributed by atoms with Crippen molar-refractivity contribution in [3.05, 3.63) is 0 Å². The molecule has 0 bridgehead atoms. The van der Waals surface area contributed by atoms with Crippen LogP contribution >= 0.6 is 0 Å². The molecule has 0 heterocycles. The number of hydrogen-bond acceptors (Lipinski definition) is 8. The molecule has 0 aromatic carbocycles. The van der Waals surface area contributed by atoms with Gasteiger partial charge in [0.05, 0.1) is 21.3 Å². The summed E-state index contributed by atoms with van der Waals surface area (Å²) >= 11 is 0. The molecule has 21 heavy (non-hydrogen) atoms. The largest absolute Gasteiger partial charge is 0.411 e. The van der Waals surface area contributed by atoms with Gasteiger partial charge in [0, 0.05) is 0 Å². The second-order valence-electron chi connectivity index (χ2n) is 4.35. The van der Waals surface area contributed by atoms with E-state index in [1.54, 1.807) is 27.7 Å². The van der Waals surface area contributed by atoms with Crippen molar-refractivity contribution in [2.75, 3.05) is 0 Å². The summed E-state index contributed by atoms with van der Waals surface area (Å²) in [6.45, 7) is 7.10.